The van der Waals surface area contributed by atoms with Crippen molar-refractivity contribution in [2.75, 3.05) is 6.61 Å². The van der Waals surface area contributed by atoms with Gasteiger partial charge in [0.25, 0.3) is 0 Å². The van der Waals surface area contributed by atoms with Gasteiger partial charge in [-0.15, -0.1) is 11.3 Å². The fraction of sp³-hybridized carbons (Fsp3) is 0.500. The lowest BCUT2D eigenvalue weighted by Crippen LogP contribution is -1.92. The summed E-state index contributed by atoms with van der Waals surface area (Å²) >= 11 is 1.38. The van der Waals surface area contributed by atoms with Crippen LogP contribution in [0.25, 0.3) is 0 Å². The Kier molecular flexibility index (Phi) is 3.90. The molecule has 0 bridgehead atoms. The Balaban J connectivity index is 2.36. The van der Waals surface area contributed by atoms with Crippen LogP contribution in [-0.2, 0) is 11.3 Å². The van der Waals surface area contributed by atoms with Crippen molar-refractivity contribution < 1.29 is 9.53 Å². The average molecular weight is 185 g/mol. The molecule has 66 valence electrons. The normalized spacial score (nSPS) is 10.1. The van der Waals surface area contributed by atoms with E-state index in [-0.39, 0.29) is 0 Å². The van der Waals surface area contributed by atoms with Crippen LogP contribution in [0, 0.1) is 0 Å². The fourth-order valence-electron chi connectivity index (χ4n) is 0.749. The minimum absolute atomic E-state index is 0.520. The van der Waals surface area contributed by atoms with Crippen LogP contribution in [0.1, 0.15) is 28.0 Å². The van der Waals surface area contributed by atoms with Crippen LogP contribution in [-0.4, -0.2) is 17.9 Å². The summed E-state index contributed by atoms with van der Waals surface area (Å²) in [6.07, 6.45) is 3.38. The van der Waals surface area contributed by atoms with Crippen molar-refractivity contribution in [2.24, 2.45) is 0 Å². The second kappa shape index (κ2) is 5.00. The number of thiazole rings is 1. The van der Waals surface area contributed by atoms with Crippen molar-refractivity contribution in [3.05, 3.63) is 16.1 Å². The molecule has 0 saturated carbocycles. The van der Waals surface area contributed by atoms with Crippen molar-refractivity contribution in [1.82, 2.24) is 4.98 Å². The Bertz CT molecular complexity index is 247. The summed E-state index contributed by atoms with van der Waals surface area (Å²) in [4.78, 5) is 15.0. The van der Waals surface area contributed by atoms with E-state index in [0.717, 1.165) is 24.3 Å². The maximum atomic E-state index is 10.3. The van der Waals surface area contributed by atoms with Crippen LogP contribution >= 0.6 is 11.3 Å². The summed E-state index contributed by atoms with van der Waals surface area (Å²) in [5.41, 5.74) is 0. The lowest BCUT2D eigenvalue weighted by atomic mass is 10.5. The molecular weight excluding hydrogens is 174 g/mol. The molecule has 0 radical (unpaired) electrons. The third-order valence-corrected chi connectivity index (χ3v) is 2.16. The Morgan fingerprint density at radius 1 is 1.75 bits per heavy atom. The third-order valence-electron chi connectivity index (χ3n) is 1.26. The Labute approximate surface area is 75.4 Å². The summed E-state index contributed by atoms with van der Waals surface area (Å²) in [5, 5.41) is 0.866. The molecule has 0 aromatic carbocycles. The van der Waals surface area contributed by atoms with Gasteiger partial charge in [-0.3, -0.25) is 4.79 Å². The van der Waals surface area contributed by atoms with Gasteiger partial charge >= 0.3 is 0 Å². The van der Waals surface area contributed by atoms with Gasteiger partial charge in [0.2, 0.25) is 0 Å². The minimum atomic E-state index is 0.520. The van der Waals surface area contributed by atoms with E-state index in [1.807, 2.05) is 0 Å². The Morgan fingerprint density at radius 3 is 3.17 bits per heavy atom. The molecule has 4 heteroatoms. The molecule has 0 N–H and O–H groups in total. The maximum absolute atomic E-state index is 10.3. The zero-order chi connectivity index (χ0) is 8.81. The minimum Gasteiger partial charge on any atom is -0.374 e. The first-order valence-electron chi connectivity index (χ1n) is 3.84. The number of nitrogens with zero attached hydrogens (tertiary/aromatic N) is 1. The molecule has 0 aliphatic heterocycles. The fourth-order valence-corrected chi connectivity index (χ4v) is 1.42. The quantitative estimate of drug-likeness (QED) is 0.519. The van der Waals surface area contributed by atoms with Gasteiger partial charge in [-0.05, 0) is 6.42 Å². The first kappa shape index (κ1) is 9.35. The predicted octanol–water partition coefficient (Wildman–Crippen LogP) is 1.88. The number of hydrogen-bond acceptors (Lipinski definition) is 4. The number of aromatic nitrogens is 1. The van der Waals surface area contributed by atoms with Crippen molar-refractivity contribution in [3.8, 4) is 0 Å². The van der Waals surface area contributed by atoms with Crippen LogP contribution < -0.4 is 0 Å². The van der Waals surface area contributed by atoms with Gasteiger partial charge < -0.3 is 4.74 Å². The van der Waals surface area contributed by atoms with E-state index in [2.05, 4.69) is 11.9 Å². The van der Waals surface area contributed by atoms with E-state index in [9.17, 15) is 4.79 Å². The van der Waals surface area contributed by atoms with Gasteiger partial charge in [0.15, 0.2) is 6.29 Å². The van der Waals surface area contributed by atoms with Crippen LogP contribution in [0.4, 0.5) is 0 Å². The molecule has 0 aliphatic rings. The van der Waals surface area contributed by atoms with Crippen molar-refractivity contribution in [3.63, 3.8) is 0 Å². The smallest absolute Gasteiger partial charge is 0.161 e. The second-order valence-corrected chi connectivity index (χ2v) is 3.47. The Hall–Kier alpha value is -0.740. The van der Waals surface area contributed by atoms with E-state index in [4.69, 9.17) is 4.74 Å². The highest BCUT2D eigenvalue weighted by molar-refractivity contribution is 7.13. The largest absolute Gasteiger partial charge is 0.374 e. The molecule has 0 spiro atoms. The SMILES string of the molecule is CCCOCc1ncc(C=O)s1. The zero-order valence-corrected chi connectivity index (χ0v) is 7.76. The van der Waals surface area contributed by atoms with Gasteiger partial charge in [0.1, 0.15) is 5.01 Å². The third kappa shape index (κ3) is 2.71. The van der Waals surface area contributed by atoms with Gasteiger partial charge in [-0.2, -0.15) is 0 Å². The Morgan fingerprint density at radius 2 is 2.58 bits per heavy atom. The number of hydrogen-bond donors (Lipinski definition) is 0. The van der Waals surface area contributed by atoms with Crippen LogP contribution in [0.3, 0.4) is 0 Å². The highest BCUT2D eigenvalue weighted by Gasteiger charge is 1.99. The molecule has 0 saturated heterocycles. The second-order valence-electron chi connectivity index (χ2n) is 2.33. The molecule has 0 unspecified atom stereocenters. The van der Waals surface area contributed by atoms with Gasteiger partial charge in [0.05, 0.1) is 11.5 Å². The van der Waals surface area contributed by atoms with Gasteiger partial charge in [0, 0.05) is 12.8 Å². The first-order valence-corrected chi connectivity index (χ1v) is 4.66. The van der Waals surface area contributed by atoms with E-state index < -0.39 is 0 Å². The molecule has 3 nitrogen and oxygen atoms in total. The number of carbonyl (C=O) groups is 1. The summed E-state index contributed by atoms with van der Waals surface area (Å²) in [6, 6.07) is 0. The molecule has 0 aliphatic carbocycles. The molecule has 0 fully saturated rings. The summed E-state index contributed by atoms with van der Waals surface area (Å²) in [7, 11) is 0. The van der Waals surface area contributed by atoms with Crippen molar-refractivity contribution in [1.29, 1.82) is 0 Å². The molecule has 12 heavy (non-hydrogen) atoms. The highest BCUT2D eigenvalue weighted by atomic mass is 32.1. The number of aldehydes is 1. The van der Waals surface area contributed by atoms with Gasteiger partial charge in [-0.1, -0.05) is 6.92 Å². The molecule has 0 amide bonds. The van der Waals surface area contributed by atoms with Gasteiger partial charge in [-0.25, -0.2) is 4.98 Å². The predicted molar refractivity (Wildman–Crippen MR) is 47.4 cm³/mol. The molecule has 1 aromatic heterocycles. The average Bonchev–Trinajstić information content (AvgIpc) is 2.53. The van der Waals surface area contributed by atoms with Crippen molar-refractivity contribution >= 4 is 17.6 Å². The van der Waals surface area contributed by atoms with E-state index >= 15 is 0 Å². The van der Waals surface area contributed by atoms with Crippen LogP contribution in [0.15, 0.2) is 6.20 Å². The monoisotopic (exact) mass is 185 g/mol. The highest BCUT2D eigenvalue weighted by Crippen LogP contribution is 2.11. The molecular formula is C8H11NO2S. The topological polar surface area (TPSA) is 39.2 Å². The maximum Gasteiger partial charge on any atom is 0.161 e. The standard InChI is InChI=1S/C8H11NO2S/c1-2-3-11-6-8-9-4-7(5-10)12-8/h4-5H,2-3,6H2,1H3. The molecule has 1 aromatic rings. The molecule has 1 heterocycles. The number of carbonyl (C=O) groups excluding carboxylic acids is 1. The number of ether oxygens (including phenoxy) is 1. The number of rotatable bonds is 5. The molecule has 1 rings (SSSR count). The van der Waals surface area contributed by atoms with E-state index in [0.29, 0.717) is 11.5 Å². The molecule has 0 atom stereocenters. The zero-order valence-electron chi connectivity index (χ0n) is 6.95. The van der Waals surface area contributed by atoms with Crippen LogP contribution in [0.5, 0.6) is 0 Å². The van der Waals surface area contributed by atoms with E-state index in [1.54, 1.807) is 6.20 Å². The summed E-state index contributed by atoms with van der Waals surface area (Å²) < 4.78 is 5.26. The first-order chi connectivity index (χ1) is 5.86. The lowest BCUT2D eigenvalue weighted by Gasteiger charge is -1.96. The summed E-state index contributed by atoms with van der Waals surface area (Å²) in [6.45, 7) is 3.32. The van der Waals surface area contributed by atoms with Crippen LogP contribution in [0.2, 0.25) is 0 Å². The summed E-state index contributed by atoms with van der Waals surface area (Å²) in [5.74, 6) is 0. The van der Waals surface area contributed by atoms with Crippen molar-refractivity contribution in [2.45, 2.75) is 20.0 Å². The lowest BCUT2D eigenvalue weighted by molar-refractivity contribution is 0.112. The van der Waals surface area contributed by atoms with E-state index in [1.165, 1.54) is 11.3 Å².